The number of nitrogens with zero attached hydrogens (tertiary/aromatic N) is 2. The number of benzene rings is 1. The third-order valence-electron chi connectivity index (χ3n) is 3.19. The Morgan fingerprint density at radius 3 is 2.32 bits per heavy atom. The lowest BCUT2D eigenvalue weighted by molar-refractivity contribution is 0.410. The molecule has 3 rings (SSSR count). The number of nitrogens with one attached hydrogen (secondary N) is 1. The zero-order valence-corrected chi connectivity index (χ0v) is 11.1. The molecule has 22 heavy (non-hydrogen) atoms. The second kappa shape index (κ2) is 5.59. The molecule has 3 aromatic rings. The van der Waals surface area contributed by atoms with Crippen LogP contribution in [0.5, 0.6) is 0 Å². The molecule has 0 bridgehead atoms. The van der Waals surface area contributed by atoms with E-state index in [1.54, 1.807) is 24.4 Å². The summed E-state index contributed by atoms with van der Waals surface area (Å²) in [6, 6.07) is 9.06. The minimum atomic E-state index is -1.70. The minimum absolute atomic E-state index is 0.0991. The predicted molar refractivity (Wildman–Crippen MR) is 73.1 cm³/mol. The van der Waals surface area contributed by atoms with E-state index in [-0.39, 0.29) is 6.54 Å². The van der Waals surface area contributed by atoms with Crippen LogP contribution in [0, 0.1) is 23.5 Å². The molecule has 0 saturated carbocycles. The average molecular weight is 307 g/mol. The maximum absolute atomic E-state index is 13.5. The van der Waals surface area contributed by atoms with Crippen LogP contribution in [-0.4, -0.2) is 9.97 Å². The molecular weight excluding hydrogens is 298 g/mol. The van der Waals surface area contributed by atoms with E-state index in [2.05, 4.69) is 15.3 Å². The monoisotopic (exact) mass is 307 g/mol. The fraction of sp³-hybridized carbons (Fsp3) is 0.0667. The number of pyridine rings is 2. The van der Waals surface area contributed by atoms with E-state index >= 15 is 0 Å². The maximum atomic E-state index is 13.5. The highest BCUT2D eigenvalue weighted by Gasteiger charge is 2.20. The van der Waals surface area contributed by atoms with Crippen molar-refractivity contribution in [2.24, 2.45) is 0 Å². The predicted octanol–water partition coefficient (Wildman–Crippen LogP) is 3.80. The van der Waals surface area contributed by atoms with Gasteiger partial charge in [-0.2, -0.15) is 22.5 Å². The van der Waals surface area contributed by atoms with Gasteiger partial charge in [-0.3, -0.25) is 4.98 Å². The third-order valence-corrected chi connectivity index (χ3v) is 3.19. The standard InChI is InChI=1S/C15H9F4N3/c16-11-13(12(17)15(19)22-14(11)18)21-7-10-9-4-2-1-3-8(9)5-6-20-10/h1-6H,7H2,(H,21,22). The topological polar surface area (TPSA) is 37.8 Å². The first-order valence-electron chi connectivity index (χ1n) is 6.34. The van der Waals surface area contributed by atoms with Gasteiger partial charge in [0.05, 0.1) is 12.2 Å². The van der Waals surface area contributed by atoms with Crippen LogP contribution in [0.4, 0.5) is 23.2 Å². The van der Waals surface area contributed by atoms with Crippen molar-refractivity contribution in [3.63, 3.8) is 0 Å². The second-order valence-corrected chi connectivity index (χ2v) is 4.53. The molecule has 2 aromatic heterocycles. The van der Waals surface area contributed by atoms with Crippen LogP contribution in [-0.2, 0) is 6.54 Å². The molecule has 1 N–H and O–H groups in total. The van der Waals surface area contributed by atoms with E-state index in [1.807, 2.05) is 12.1 Å². The highest BCUT2D eigenvalue weighted by atomic mass is 19.2. The van der Waals surface area contributed by atoms with E-state index in [4.69, 9.17) is 0 Å². The molecule has 0 aliphatic heterocycles. The van der Waals surface area contributed by atoms with Crippen molar-refractivity contribution in [1.82, 2.24) is 9.97 Å². The Bertz CT molecular complexity index is 820. The van der Waals surface area contributed by atoms with Crippen molar-refractivity contribution < 1.29 is 17.6 Å². The molecule has 0 aliphatic rings. The van der Waals surface area contributed by atoms with Crippen molar-refractivity contribution in [1.29, 1.82) is 0 Å². The van der Waals surface area contributed by atoms with Crippen molar-refractivity contribution >= 4 is 16.5 Å². The Morgan fingerprint density at radius 2 is 1.59 bits per heavy atom. The molecular formula is C15H9F4N3. The molecule has 0 aliphatic carbocycles. The molecule has 0 saturated heterocycles. The lowest BCUT2D eigenvalue weighted by Crippen LogP contribution is -2.10. The molecule has 0 atom stereocenters. The number of aromatic nitrogens is 2. The number of fused-ring (bicyclic) bond motifs is 1. The summed E-state index contributed by atoms with van der Waals surface area (Å²) >= 11 is 0. The fourth-order valence-electron chi connectivity index (χ4n) is 2.14. The van der Waals surface area contributed by atoms with E-state index in [9.17, 15) is 17.6 Å². The molecule has 7 heteroatoms. The van der Waals surface area contributed by atoms with Crippen LogP contribution >= 0.6 is 0 Å². The van der Waals surface area contributed by atoms with Gasteiger partial charge in [-0.1, -0.05) is 24.3 Å². The molecule has 112 valence electrons. The third kappa shape index (κ3) is 2.45. The van der Waals surface area contributed by atoms with Gasteiger partial charge in [0.1, 0.15) is 5.69 Å². The first kappa shape index (κ1) is 14.2. The Morgan fingerprint density at radius 1 is 0.909 bits per heavy atom. The summed E-state index contributed by atoms with van der Waals surface area (Å²) in [5.74, 6) is -6.54. The van der Waals surface area contributed by atoms with Gasteiger partial charge >= 0.3 is 0 Å². The Labute approximate surface area is 122 Å². The van der Waals surface area contributed by atoms with Gasteiger partial charge in [-0.05, 0) is 11.5 Å². The highest BCUT2D eigenvalue weighted by molar-refractivity contribution is 5.84. The smallest absolute Gasteiger partial charge is 0.253 e. The van der Waals surface area contributed by atoms with Crippen molar-refractivity contribution in [2.75, 3.05) is 5.32 Å². The molecule has 0 fully saturated rings. The molecule has 3 nitrogen and oxygen atoms in total. The van der Waals surface area contributed by atoms with E-state index in [0.29, 0.717) is 5.69 Å². The van der Waals surface area contributed by atoms with Crippen LogP contribution < -0.4 is 5.32 Å². The number of hydrogen-bond donors (Lipinski definition) is 1. The van der Waals surface area contributed by atoms with E-state index in [0.717, 1.165) is 10.8 Å². The number of anilines is 1. The summed E-state index contributed by atoms with van der Waals surface area (Å²) in [5, 5.41) is 4.00. The van der Waals surface area contributed by atoms with Gasteiger partial charge in [-0.15, -0.1) is 0 Å². The van der Waals surface area contributed by atoms with Crippen LogP contribution in [0.2, 0.25) is 0 Å². The maximum Gasteiger partial charge on any atom is 0.253 e. The van der Waals surface area contributed by atoms with Gasteiger partial charge in [0, 0.05) is 11.6 Å². The minimum Gasteiger partial charge on any atom is -0.374 e. The molecule has 0 radical (unpaired) electrons. The van der Waals surface area contributed by atoms with Crippen molar-refractivity contribution in [3.8, 4) is 0 Å². The highest BCUT2D eigenvalue weighted by Crippen LogP contribution is 2.23. The molecule has 0 unspecified atom stereocenters. The van der Waals surface area contributed by atoms with Crippen molar-refractivity contribution in [3.05, 3.63) is 65.8 Å². The number of rotatable bonds is 3. The zero-order valence-electron chi connectivity index (χ0n) is 11.1. The summed E-state index contributed by atoms with van der Waals surface area (Å²) in [7, 11) is 0. The number of hydrogen-bond acceptors (Lipinski definition) is 3. The summed E-state index contributed by atoms with van der Waals surface area (Å²) in [5.41, 5.74) is -0.408. The normalized spacial score (nSPS) is 10.9. The quantitative estimate of drug-likeness (QED) is 0.591. The second-order valence-electron chi connectivity index (χ2n) is 4.53. The average Bonchev–Trinajstić information content (AvgIpc) is 2.53. The molecule has 1 aromatic carbocycles. The van der Waals surface area contributed by atoms with Crippen LogP contribution in [0.15, 0.2) is 36.5 Å². The Kier molecular flexibility index (Phi) is 3.62. The van der Waals surface area contributed by atoms with Crippen LogP contribution in [0.25, 0.3) is 10.8 Å². The van der Waals surface area contributed by atoms with Crippen LogP contribution in [0.3, 0.4) is 0 Å². The van der Waals surface area contributed by atoms with Gasteiger partial charge < -0.3 is 5.32 Å². The molecule has 0 amide bonds. The van der Waals surface area contributed by atoms with Crippen molar-refractivity contribution in [2.45, 2.75) is 6.54 Å². The lowest BCUT2D eigenvalue weighted by atomic mass is 10.1. The zero-order chi connectivity index (χ0) is 15.7. The Hall–Kier alpha value is -2.70. The summed E-state index contributed by atoms with van der Waals surface area (Å²) in [6.07, 6.45) is 1.54. The van der Waals surface area contributed by atoms with Gasteiger partial charge in [-0.25, -0.2) is 0 Å². The number of halogens is 4. The van der Waals surface area contributed by atoms with Gasteiger partial charge in [0.15, 0.2) is 0 Å². The lowest BCUT2D eigenvalue weighted by Gasteiger charge is -2.10. The van der Waals surface area contributed by atoms with E-state index < -0.39 is 29.2 Å². The first-order valence-corrected chi connectivity index (χ1v) is 6.34. The summed E-state index contributed by atoms with van der Waals surface area (Å²) in [4.78, 5) is 6.61. The molecule has 2 heterocycles. The fourth-order valence-corrected chi connectivity index (χ4v) is 2.14. The van der Waals surface area contributed by atoms with E-state index in [1.165, 1.54) is 0 Å². The largest absolute Gasteiger partial charge is 0.374 e. The first-order chi connectivity index (χ1) is 10.6. The summed E-state index contributed by atoms with van der Waals surface area (Å²) < 4.78 is 53.2. The molecule has 0 spiro atoms. The SMILES string of the molecule is Fc1nc(F)c(F)c(NCc2nccc3ccccc23)c1F. The van der Waals surface area contributed by atoms with Gasteiger partial charge in [0.2, 0.25) is 11.6 Å². The Balaban J connectivity index is 1.95. The van der Waals surface area contributed by atoms with Gasteiger partial charge in [0.25, 0.3) is 11.9 Å². The van der Waals surface area contributed by atoms with Crippen LogP contribution in [0.1, 0.15) is 5.69 Å². The summed E-state index contributed by atoms with van der Waals surface area (Å²) in [6.45, 7) is -0.0991.